The van der Waals surface area contributed by atoms with Crippen molar-refractivity contribution in [2.75, 3.05) is 26.7 Å². The van der Waals surface area contributed by atoms with Crippen LogP contribution in [0.5, 0.6) is 5.19 Å². The number of ether oxygens (including phenoxy) is 1. The van der Waals surface area contributed by atoms with Crippen molar-refractivity contribution in [2.24, 2.45) is 18.7 Å². The van der Waals surface area contributed by atoms with E-state index in [1.165, 1.54) is 61.8 Å². The van der Waals surface area contributed by atoms with Gasteiger partial charge in [-0.1, -0.05) is 43.4 Å². The van der Waals surface area contributed by atoms with E-state index in [4.69, 9.17) is 4.74 Å². The van der Waals surface area contributed by atoms with Gasteiger partial charge in [0.1, 0.15) is 6.29 Å². The van der Waals surface area contributed by atoms with E-state index in [0.717, 1.165) is 56.6 Å². The fourth-order valence-corrected chi connectivity index (χ4v) is 5.07. The minimum absolute atomic E-state index is 0.394. The zero-order valence-electron chi connectivity index (χ0n) is 22.1. The van der Waals surface area contributed by atoms with Crippen LogP contribution in [-0.4, -0.2) is 58.6 Å². The van der Waals surface area contributed by atoms with Gasteiger partial charge in [0.05, 0.1) is 11.4 Å². The molecule has 0 saturated heterocycles. The monoisotopic (exact) mass is 527 g/mol. The van der Waals surface area contributed by atoms with E-state index in [-0.39, 0.29) is 0 Å². The maximum absolute atomic E-state index is 12.9. The average molecular weight is 528 g/mol. The highest BCUT2D eigenvalue weighted by Gasteiger charge is 2.25. The second-order valence-electron chi connectivity index (χ2n) is 8.88. The number of rotatable bonds is 8. The number of hydrogen-bond donors (Lipinski definition) is 1. The first kappa shape index (κ1) is 31.9. The fraction of sp³-hybridized carbons (Fsp3) is 0.654. The quantitative estimate of drug-likeness (QED) is 0.382. The lowest BCUT2D eigenvalue weighted by molar-refractivity contribution is -0.107. The highest BCUT2D eigenvalue weighted by molar-refractivity contribution is 7.13. The number of halogens is 2. The summed E-state index contributed by atoms with van der Waals surface area (Å²) in [5.74, 6) is -1.91. The number of alkyl halides is 2. The van der Waals surface area contributed by atoms with Crippen LogP contribution in [0.3, 0.4) is 0 Å². The number of nitrogens with two attached hydrogens (primary N) is 1. The molecular weight excluding hydrogens is 484 g/mol. The third-order valence-electron chi connectivity index (χ3n) is 5.88. The predicted octanol–water partition coefficient (Wildman–Crippen LogP) is 5.04. The van der Waals surface area contributed by atoms with Gasteiger partial charge in [0.25, 0.3) is 11.1 Å². The minimum atomic E-state index is -2.81. The topological polar surface area (TPSA) is 86.3 Å². The number of aryl methyl sites for hydroxylation is 1. The van der Waals surface area contributed by atoms with Gasteiger partial charge in [-0.05, 0) is 38.4 Å². The summed E-state index contributed by atoms with van der Waals surface area (Å²) in [7, 11) is 3.33. The van der Waals surface area contributed by atoms with Crippen LogP contribution in [-0.2, 0) is 31.2 Å². The number of aldehydes is 1. The van der Waals surface area contributed by atoms with E-state index >= 15 is 0 Å². The van der Waals surface area contributed by atoms with Gasteiger partial charge in [0, 0.05) is 44.6 Å². The Bertz CT molecular complexity index is 863. The SMILES string of the molecule is C=C.CC(F)(F)COc1nc2c(s1)CCN(CCC1CCCCC1)C2.CN.Cn1ccc(CC=O)n1. The molecule has 0 amide bonds. The third-order valence-corrected chi connectivity index (χ3v) is 6.95. The van der Waals surface area contributed by atoms with Gasteiger partial charge in [-0.25, -0.2) is 13.8 Å². The first-order chi connectivity index (χ1) is 17.3. The molecule has 2 aromatic heterocycles. The van der Waals surface area contributed by atoms with Gasteiger partial charge in [0.2, 0.25) is 0 Å². The molecule has 0 radical (unpaired) electrons. The van der Waals surface area contributed by atoms with Crippen molar-refractivity contribution in [3.63, 3.8) is 0 Å². The van der Waals surface area contributed by atoms with E-state index in [0.29, 0.717) is 11.6 Å². The summed E-state index contributed by atoms with van der Waals surface area (Å²) in [6, 6.07) is 1.83. The van der Waals surface area contributed by atoms with E-state index in [9.17, 15) is 13.6 Å². The lowest BCUT2D eigenvalue weighted by Crippen LogP contribution is -2.32. The Labute approximate surface area is 218 Å². The molecule has 1 fully saturated rings. The normalized spacial score (nSPS) is 15.7. The molecule has 1 aliphatic heterocycles. The summed E-state index contributed by atoms with van der Waals surface area (Å²) in [5.41, 5.74) is 6.35. The molecule has 10 heteroatoms. The molecule has 0 atom stereocenters. The number of carbonyl (C=O) groups excluding carboxylic acids is 1. The molecule has 36 heavy (non-hydrogen) atoms. The second kappa shape index (κ2) is 17.3. The van der Waals surface area contributed by atoms with Crippen LogP contribution in [0.15, 0.2) is 25.4 Å². The van der Waals surface area contributed by atoms with Crippen molar-refractivity contribution in [3.05, 3.63) is 41.7 Å². The van der Waals surface area contributed by atoms with E-state index in [2.05, 4.69) is 33.9 Å². The van der Waals surface area contributed by atoms with Crippen molar-refractivity contribution in [1.29, 1.82) is 0 Å². The van der Waals surface area contributed by atoms with Gasteiger partial charge in [-0.2, -0.15) is 5.10 Å². The molecule has 0 aromatic carbocycles. The molecule has 0 spiro atoms. The summed E-state index contributed by atoms with van der Waals surface area (Å²) in [5, 5.41) is 4.38. The molecular formula is C26H43F2N5O2S. The zero-order valence-corrected chi connectivity index (χ0v) is 22.9. The van der Waals surface area contributed by atoms with Crippen molar-refractivity contribution in [1.82, 2.24) is 19.7 Å². The summed E-state index contributed by atoms with van der Waals surface area (Å²) < 4.78 is 32.6. The molecule has 3 heterocycles. The molecule has 0 bridgehead atoms. The predicted molar refractivity (Wildman–Crippen MR) is 143 cm³/mol. The molecule has 2 aromatic rings. The van der Waals surface area contributed by atoms with E-state index in [1.54, 1.807) is 4.68 Å². The van der Waals surface area contributed by atoms with Crippen LogP contribution < -0.4 is 10.5 Å². The first-order valence-corrected chi connectivity index (χ1v) is 13.4. The number of carbonyl (C=O) groups is 1. The van der Waals surface area contributed by atoms with Crippen molar-refractivity contribution >= 4 is 17.6 Å². The Hall–Kier alpha value is -2.17. The van der Waals surface area contributed by atoms with E-state index in [1.807, 2.05) is 19.3 Å². The van der Waals surface area contributed by atoms with Gasteiger partial charge in [0.15, 0.2) is 6.61 Å². The lowest BCUT2D eigenvalue weighted by atomic mass is 9.87. The van der Waals surface area contributed by atoms with Gasteiger partial charge < -0.3 is 15.3 Å². The fourth-order valence-electron chi connectivity index (χ4n) is 4.17. The van der Waals surface area contributed by atoms with E-state index < -0.39 is 12.5 Å². The Morgan fingerprint density at radius 2 is 1.97 bits per heavy atom. The van der Waals surface area contributed by atoms with Crippen LogP contribution in [0.2, 0.25) is 0 Å². The van der Waals surface area contributed by atoms with Crippen LogP contribution in [0.1, 0.15) is 61.7 Å². The number of thiazole rings is 1. The second-order valence-corrected chi connectivity index (χ2v) is 9.93. The maximum Gasteiger partial charge on any atom is 0.278 e. The van der Waals surface area contributed by atoms with Crippen LogP contribution in [0.25, 0.3) is 0 Å². The number of fused-ring (bicyclic) bond motifs is 1. The molecule has 4 rings (SSSR count). The number of nitrogens with zero attached hydrogens (tertiary/aromatic N) is 4. The van der Waals surface area contributed by atoms with Crippen molar-refractivity contribution in [2.45, 2.75) is 70.8 Å². The molecule has 204 valence electrons. The molecule has 2 aliphatic rings. The Balaban J connectivity index is 0.000000417. The third kappa shape index (κ3) is 12.2. The molecule has 2 N–H and O–H groups in total. The highest BCUT2D eigenvalue weighted by Crippen LogP contribution is 2.32. The minimum Gasteiger partial charge on any atom is -0.464 e. The number of hydrogen-bond acceptors (Lipinski definition) is 7. The molecule has 1 saturated carbocycles. The average Bonchev–Trinajstić information content (AvgIpc) is 3.50. The van der Waals surface area contributed by atoms with Crippen LogP contribution >= 0.6 is 11.3 Å². The maximum atomic E-state index is 12.9. The molecule has 0 unspecified atom stereocenters. The van der Waals surface area contributed by atoms with Crippen LogP contribution in [0, 0.1) is 5.92 Å². The summed E-state index contributed by atoms with van der Waals surface area (Å²) in [4.78, 5) is 18.0. The number of aromatic nitrogens is 3. The first-order valence-electron chi connectivity index (χ1n) is 12.5. The lowest BCUT2D eigenvalue weighted by Gasteiger charge is -2.29. The Kier molecular flexibility index (Phi) is 15.3. The summed E-state index contributed by atoms with van der Waals surface area (Å²) >= 11 is 1.43. The largest absolute Gasteiger partial charge is 0.464 e. The van der Waals surface area contributed by atoms with Crippen molar-refractivity contribution in [3.8, 4) is 5.19 Å². The smallest absolute Gasteiger partial charge is 0.278 e. The zero-order chi connectivity index (χ0) is 27.0. The van der Waals surface area contributed by atoms with Gasteiger partial charge in [-0.15, -0.1) is 13.2 Å². The van der Waals surface area contributed by atoms with Gasteiger partial charge in [-0.3, -0.25) is 9.58 Å². The molecule has 7 nitrogen and oxygen atoms in total. The summed E-state index contributed by atoms with van der Waals surface area (Å²) in [6.07, 6.45) is 12.3. The van der Waals surface area contributed by atoms with Crippen molar-refractivity contribution < 1.29 is 18.3 Å². The molecule has 1 aliphatic carbocycles. The highest BCUT2D eigenvalue weighted by atomic mass is 32.1. The van der Waals surface area contributed by atoms with Crippen LogP contribution in [0.4, 0.5) is 8.78 Å². The Morgan fingerprint density at radius 3 is 2.56 bits per heavy atom. The summed E-state index contributed by atoms with van der Waals surface area (Å²) in [6.45, 7) is 9.29. The Morgan fingerprint density at radius 1 is 1.28 bits per heavy atom. The van der Waals surface area contributed by atoms with Gasteiger partial charge >= 0.3 is 0 Å². The standard InChI is InChI=1S/C17H26F2N2OS.C6H8N2O.C2H4.CH5N/c1-17(18,19)12-22-16-20-14-11-21(10-8-15(14)23-16)9-7-13-5-3-2-4-6-13;1-8-4-2-6(7-8)3-5-9;2*1-2/h13H,2-12H2,1H3;2,4-5H,3H2,1H3;1-2H2;2H2,1H3.